The van der Waals surface area contributed by atoms with Crippen molar-refractivity contribution in [2.75, 3.05) is 40.4 Å². The number of carbonyl (C=O) groups is 3. The van der Waals surface area contributed by atoms with Crippen molar-refractivity contribution in [1.82, 2.24) is 15.5 Å². The van der Waals surface area contributed by atoms with Gasteiger partial charge in [0.2, 0.25) is 5.91 Å². The minimum absolute atomic E-state index is 0. The summed E-state index contributed by atoms with van der Waals surface area (Å²) in [4.78, 5) is 34.8. The molecule has 0 saturated carbocycles. The van der Waals surface area contributed by atoms with Gasteiger partial charge in [-0.1, -0.05) is 6.92 Å². The first-order valence-electron chi connectivity index (χ1n) is 9.11. The average Bonchev–Trinajstić information content (AvgIpc) is 2.66. The molecule has 28 heavy (non-hydrogen) atoms. The van der Waals surface area contributed by atoms with Crippen molar-refractivity contribution in [2.45, 2.75) is 38.4 Å². The standard InChI is InChI=1S/C18H33N3O6.Y/c1-4-14(13-23)17(25)15(27-3)7-5-9-19-18(26)20-10-11-21(2)16(24)8-6-12-22;/h6,8,12,14-15,17,23,25H,4-5,7,9-11,13H2,1-3H3,(H2,19,20,26);/b8-6-;. The number of amides is 3. The quantitative estimate of drug-likeness (QED) is 0.155. The average molecular weight is 476 g/mol. The molecule has 0 heterocycles. The molecule has 0 aliphatic rings. The third kappa shape index (κ3) is 12.6. The van der Waals surface area contributed by atoms with Gasteiger partial charge >= 0.3 is 6.03 Å². The van der Waals surface area contributed by atoms with E-state index in [0.717, 1.165) is 12.2 Å². The number of aliphatic hydroxyl groups excluding tert-OH is 2. The molecule has 0 spiro atoms. The van der Waals surface area contributed by atoms with Gasteiger partial charge < -0.3 is 30.5 Å². The van der Waals surface area contributed by atoms with E-state index < -0.39 is 12.2 Å². The maximum atomic E-state index is 11.7. The Morgan fingerprint density at radius 3 is 2.43 bits per heavy atom. The Labute approximate surface area is 192 Å². The SMILES string of the molecule is CCC(CO)C(O)C(CCCNC(=O)NCCN(C)C(=O)/C=C\C=O)OC.[Y]. The smallest absolute Gasteiger partial charge is 0.314 e. The third-order valence-electron chi connectivity index (χ3n) is 4.30. The molecule has 0 aliphatic carbocycles. The van der Waals surface area contributed by atoms with E-state index in [4.69, 9.17) is 4.74 Å². The van der Waals surface area contributed by atoms with E-state index in [1.165, 1.54) is 12.0 Å². The molecule has 0 bridgehead atoms. The van der Waals surface area contributed by atoms with Crippen LogP contribution in [0.3, 0.4) is 0 Å². The van der Waals surface area contributed by atoms with Crippen LogP contribution >= 0.6 is 0 Å². The van der Waals surface area contributed by atoms with Crippen molar-refractivity contribution in [3.05, 3.63) is 12.2 Å². The monoisotopic (exact) mass is 476 g/mol. The van der Waals surface area contributed by atoms with Gasteiger partial charge in [-0.3, -0.25) is 9.59 Å². The summed E-state index contributed by atoms with van der Waals surface area (Å²) in [5.74, 6) is -0.547. The van der Waals surface area contributed by atoms with Crippen LogP contribution in [-0.2, 0) is 47.0 Å². The van der Waals surface area contributed by atoms with E-state index in [1.54, 1.807) is 7.05 Å². The molecule has 0 aromatic carbocycles. The zero-order valence-electron chi connectivity index (χ0n) is 17.0. The molecule has 159 valence electrons. The summed E-state index contributed by atoms with van der Waals surface area (Å²) in [6.07, 6.45) is 3.47. The van der Waals surface area contributed by atoms with Crippen LogP contribution in [0.2, 0.25) is 0 Å². The fourth-order valence-corrected chi connectivity index (χ4v) is 2.47. The number of rotatable bonds is 14. The van der Waals surface area contributed by atoms with Crippen LogP contribution in [0, 0.1) is 5.92 Å². The summed E-state index contributed by atoms with van der Waals surface area (Å²) < 4.78 is 5.29. The van der Waals surface area contributed by atoms with Gasteiger partial charge in [-0.2, -0.15) is 0 Å². The van der Waals surface area contributed by atoms with Crippen LogP contribution in [0.1, 0.15) is 26.2 Å². The normalized spacial score (nSPS) is 13.9. The fraction of sp³-hybridized carbons (Fsp3) is 0.722. The molecule has 3 atom stereocenters. The van der Waals surface area contributed by atoms with Crippen molar-refractivity contribution < 1.29 is 62.0 Å². The zero-order valence-corrected chi connectivity index (χ0v) is 19.8. The first kappa shape index (κ1) is 29.3. The van der Waals surface area contributed by atoms with Crippen LogP contribution in [0.25, 0.3) is 0 Å². The van der Waals surface area contributed by atoms with Crippen molar-refractivity contribution in [3.8, 4) is 0 Å². The Balaban J connectivity index is 0. The van der Waals surface area contributed by atoms with Gasteiger partial charge in [0.05, 0.1) is 12.2 Å². The molecule has 10 heteroatoms. The summed E-state index contributed by atoms with van der Waals surface area (Å²) in [6, 6.07) is -0.351. The maximum Gasteiger partial charge on any atom is 0.314 e. The number of aldehydes is 1. The molecular formula is C18H33N3O6Y. The number of methoxy groups -OCH3 is 1. The van der Waals surface area contributed by atoms with E-state index in [9.17, 15) is 24.6 Å². The molecule has 3 amide bonds. The summed E-state index contributed by atoms with van der Waals surface area (Å²) in [5.41, 5.74) is 0. The van der Waals surface area contributed by atoms with Gasteiger partial charge in [-0.25, -0.2) is 4.79 Å². The van der Waals surface area contributed by atoms with E-state index >= 15 is 0 Å². The number of carbonyl (C=O) groups excluding carboxylic acids is 3. The van der Waals surface area contributed by atoms with Crippen molar-refractivity contribution in [2.24, 2.45) is 5.92 Å². The summed E-state index contributed by atoms with van der Waals surface area (Å²) in [5, 5.41) is 24.8. The molecule has 0 rings (SSSR count). The maximum absolute atomic E-state index is 11.7. The summed E-state index contributed by atoms with van der Waals surface area (Å²) in [6.45, 7) is 2.79. The van der Waals surface area contributed by atoms with E-state index in [0.29, 0.717) is 38.6 Å². The number of likely N-dealkylation sites (N-methyl/N-ethyl adjacent to an activating group) is 1. The van der Waals surface area contributed by atoms with Gasteiger partial charge in [-0.05, 0) is 25.3 Å². The first-order chi connectivity index (χ1) is 12.9. The number of urea groups is 1. The van der Waals surface area contributed by atoms with Crippen LogP contribution in [-0.4, -0.2) is 85.9 Å². The first-order valence-corrected chi connectivity index (χ1v) is 9.11. The number of aliphatic hydroxyl groups is 2. The van der Waals surface area contributed by atoms with Gasteiger partial charge in [0.1, 0.15) is 6.29 Å². The van der Waals surface area contributed by atoms with E-state index in [2.05, 4.69) is 10.6 Å². The predicted molar refractivity (Wildman–Crippen MR) is 101 cm³/mol. The predicted octanol–water partition coefficient (Wildman–Crippen LogP) is -0.329. The second-order valence-corrected chi connectivity index (χ2v) is 6.20. The van der Waals surface area contributed by atoms with Gasteiger partial charge in [-0.15, -0.1) is 0 Å². The molecule has 9 nitrogen and oxygen atoms in total. The molecule has 0 aromatic rings. The zero-order chi connectivity index (χ0) is 20.7. The molecule has 3 unspecified atom stereocenters. The number of nitrogens with zero attached hydrogens (tertiary/aromatic N) is 1. The molecule has 1 radical (unpaired) electrons. The Morgan fingerprint density at radius 2 is 1.89 bits per heavy atom. The molecule has 0 aromatic heterocycles. The number of hydrogen-bond acceptors (Lipinski definition) is 6. The van der Waals surface area contributed by atoms with E-state index in [-0.39, 0.29) is 63.7 Å². The Bertz CT molecular complexity index is 474. The summed E-state index contributed by atoms with van der Waals surface area (Å²) in [7, 11) is 3.09. The van der Waals surface area contributed by atoms with Gasteiger partial charge in [0.15, 0.2) is 0 Å². The van der Waals surface area contributed by atoms with Crippen LogP contribution < -0.4 is 10.6 Å². The molecule has 4 N–H and O–H groups in total. The number of nitrogens with one attached hydrogen (secondary N) is 2. The largest absolute Gasteiger partial charge is 0.396 e. The van der Waals surface area contributed by atoms with Crippen LogP contribution in [0.15, 0.2) is 12.2 Å². The Morgan fingerprint density at radius 1 is 1.25 bits per heavy atom. The minimum atomic E-state index is -0.750. The fourth-order valence-electron chi connectivity index (χ4n) is 2.47. The minimum Gasteiger partial charge on any atom is -0.396 e. The van der Waals surface area contributed by atoms with Gasteiger partial charge in [0, 0.05) is 85.1 Å². The topological polar surface area (TPSA) is 128 Å². The van der Waals surface area contributed by atoms with Crippen LogP contribution in [0.4, 0.5) is 4.79 Å². The van der Waals surface area contributed by atoms with Crippen molar-refractivity contribution in [3.63, 3.8) is 0 Å². The third-order valence-corrected chi connectivity index (χ3v) is 4.30. The molecule has 0 fully saturated rings. The molecule has 0 aliphatic heterocycles. The van der Waals surface area contributed by atoms with E-state index in [1.807, 2.05) is 6.92 Å². The Hall–Kier alpha value is -0.866. The second kappa shape index (κ2) is 18.2. The molecule has 0 saturated heterocycles. The molecular weight excluding hydrogens is 443 g/mol. The Kier molecular flexibility index (Phi) is 19.0. The number of allylic oxidation sites excluding steroid dienone is 1. The second-order valence-electron chi connectivity index (χ2n) is 6.20. The number of hydrogen-bond donors (Lipinski definition) is 4. The number of ether oxygens (including phenoxy) is 1. The van der Waals surface area contributed by atoms with Gasteiger partial charge in [0.25, 0.3) is 0 Å². The van der Waals surface area contributed by atoms with Crippen LogP contribution in [0.5, 0.6) is 0 Å². The van der Waals surface area contributed by atoms with Crippen molar-refractivity contribution in [1.29, 1.82) is 0 Å². The van der Waals surface area contributed by atoms with Crippen molar-refractivity contribution >= 4 is 18.2 Å². The summed E-state index contributed by atoms with van der Waals surface area (Å²) >= 11 is 0.